The van der Waals surface area contributed by atoms with E-state index in [9.17, 15) is 23.2 Å². The van der Waals surface area contributed by atoms with E-state index in [1.54, 1.807) is 19.1 Å². The number of anilines is 1. The van der Waals surface area contributed by atoms with Gasteiger partial charge in [-0.25, -0.2) is 18.6 Å². The van der Waals surface area contributed by atoms with Crippen molar-refractivity contribution in [3.63, 3.8) is 0 Å². The number of ether oxygens (including phenoxy) is 1. The monoisotopic (exact) mass is 482 g/mol. The SMILES string of the molecule is CCOC(=O)N1CCc2c(nc(-c3ccc(C)cc3)n(CC(=O)Nc3cc(F)ccc3F)c2=O)C1. The van der Waals surface area contributed by atoms with Crippen molar-refractivity contribution in [1.29, 1.82) is 0 Å². The van der Waals surface area contributed by atoms with Gasteiger partial charge in [0.1, 0.15) is 24.0 Å². The summed E-state index contributed by atoms with van der Waals surface area (Å²) in [5.74, 6) is -1.99. The van der Waals surface area contributed by atoms with Crippen molar-refractivity contribution in [2.24, 2.45) is 0 Å². The lowest BCUT2D eigenvalue weighted by molar-refractivity contribution is -0.116. The summed E-state index contributed by atoms with van der Waals surface area (Å²) < 4.78 is 33.8. The summed E-state index contributed by atoms with van der Waals surface area (Å²) in [5.41, 5.74) is 1.66. The van der Waals surface area contributed by atoms with Gasteiger partial charge in [-0.1, -0.05) is 29.8 Å². The number of hydrogen-bond acceptors (Lipinski definition) is 5. The Bertz CT molecular complexity index is 1340. The molecule has 2 aromatic carbocycles. The second-order valence-corrected chi connectivity index (χ2v) is 8.16. The van der Waals surface area contributed by atoms with E-state index in [1.165, 1.54) is 9.47 Å². The fourth-order valence-corrected chi connectivity index (χ4v) is 3.89. The van der Waals surface area contributed by atoms with Crippen LogP contribution >= 0.6 is 0 Å². The van der Waals surface area contributed by atoms with Crippen molar-refractivity contribution in [2.75, 3.05) is 18.5 Å². The summed E-state index contributed by atoms with van der Waals surface area (Å²) in [6.45, 7) is 3.77. The summed E-state index contributed by atoms with van der Waals surface area (Å²) >= 11 is 0. The number of carbonyl (C=O) groups is 2. The van der Waals surface area contributed by atoms with Gasteiger partial charge in [-0.3, -0.25) is 14.2 Å². The molecule has 0 atom stereocenters. The number of benzene rings is 2. The van der Waals surface area contributed by atoms with Crippen LogP contribution in [0, 0.1) is 18.6 Å². The van der Waals surface area contributed by atoms with E-state index in [-0.39, 0.29) is 37.6 Å². The maximum absolute atomic E-state index is 14.0. The zero-order chi connectivity index (χ0) is 25.1. The third kappa shape index (κ3) is 5.21. The molecular weight excluding hydrogens is 458 g/mol. The highest BCUT2D eigenvalue weighted by molar-refractivity contribution is 5.91. The molecule has 2 heterocycles. The Kier molecular flexibility index (Phi) is 6.90. The quantitative estimate of drug-likeness (QED) is 0.599. The molecule has 0 fully saturated rings. The maximum atomic E-state index is 14.0. The second kappa shape index (κ2) is 10.0. The lowest BCUT2D eigenvalue weighted by Crippen LogP contribution is -2.42. The zero-order valence-corrected chi connectivity index (χ0v) is 19.3. The van der Waals surface area contributed by atoms with Crippen LogP contribution in [0.3, 0.4) is 0 Å². The molecule has 1 aliphatic heterocycles. The molecule has 0 unspecified atom stereocenters. The van der Waals surface area contributed by atoms with Crippen LogP contribution in [-0.2, 0) is 29.0 Å². The largest absolute Gasteiger partial charge is 0.450 e. The number of rotatable bonds is 5. The van der Waals surface area contributed by atoms with Crippen LogP contribution < -0.4 is 10.9 Å². The highest BCUT2D eigenvalue weighted by Gasteiger charge is 2.27. The number of aromatic nitrogens is 2. The van der Waals surface area contributed by atoms with Gasteiger partial charge in [0.2, 0.25) is 5.91 Å². The van der Waals surface area contributed by atoms with E-state index in [0.717, 1.165) is 23.8 Å². The van der Waals surface area contributed by atoms with Gasteiger partial charge in [0.25, 0.3) is 5.56 Å². The third-order valence-corrected chi connectivity index (χ3v) is 5.66. The van der Waals surface area contributed by atoms with Crippen molar-refractivity contribution in [3.05, 3.63) is 81.3 Å². The summed E-state index contributed by atoms with van der Waals surface area (Å²) in [6.07, 6.45) is -0.244. The average Bonchev–Trinajstić information content (AvgIpc) is 2.83. The Morgan fingerprint density at radius 3 is 2.60 bits per heavy atom. The number of nitrogens with zero attached hydrogens (tertiary/aromatic N) is 3. The average molecular weight is 482 g/mol. The van der Waals surface area contributed by atoms with Gasteiger partial charge in [0.15, 0.2) is 0 Å². The summed E-state index contributed by atoms with van der Waals surface area (Å²) in [5, 5.41) is 2.32. The van der Waals surface area contributed by atoms with Crippen LogP contribution in [0.2, 0.25) is 0 Å². The van der Waals surface area contributed by atoms with Crippen LogP contribution in [0.5, 0.6) is 0 Å². The first-order chi connectivity index (χ1) is 16.8. The number of carbonyl (C=O) groups excluding carboxylic acids is 2. The molecule has 182 valence electrons. The van der Waals surface area contributed by atoms with Crippen LogP contribution in [0.25, 0.3) is 11.4 Å². The number of hydrogen-bond donors (Lipinski definition) is 1. The predicted molar refractivity (Wildman–Crippen MR) is 125 cm³/mol. The normalized spacial score (nSPS) is 12.7. The highest BCUT2D eigenvalue weighted by Crippen LogP contribution is 2.22. The minimum atomic E-state index is -0.798. The van der Waals surface area contributed by atoms with Gasteiger partial charge in [0.05, 0.1) is 24.5 Å². The Hall–Kier alpha value is -4.08. The standard InChI is InChI=1S/C25H24F2N4O4/c1-3-35-25(34)30-11-10-18-21(13-30)29-23(16-6-4-15(2)5-7-16)31(24(18)33)14-22(32)28-20-12-17(26)8-9-19(20)27/h4-9,12H,3,10-11,13-14H2,1-2H3,(H,28,32). The molecule has 0 radical (unpaired) electrons. The lowest BCUT2D eigenvalue weighted by Gasteiger charge is -2.28. The van der Waals surface area contributed by atoms with Gasteiger partial charge < -0.3 is 15.0 Å². The number of fused-ring (bicyclic) bond motifs is 1. The molecule has 3 aromatic rings. The minimum absolute atomic E-state index is 0.101. The second-order valence-electron chi connectivity index (χ2n) is 8.16. The molecule has 0 spiro atoms. The Morgan fingerprint density at radius 1 is 1.14 bits per heavy atom. The molecule has 1 aromatic heterocycles. The van der Waals surface area contributed by atoms with Crippen molar-refractivity contribution in [3.8, 4) is 11.4 Å². The number of aryl methyl sites for hydroxylation is 1. The van der Waals surface area contributed by atoms with E-state index in [0.29, 0.717) is 16.8 Å². The molecule has 1 aliphatic rings. The van der Waals surface area contributed by atoms with E-state index in [4.69, 9.17) is 4.74 Å². The molecule has 0 bridgehead atoms. The first kappa shape index (κ1) is 24.1. The van der Waals surface area contributed by atoms with Crippen molar-refractivity contribution in [2.45, 2.75) is 33.4 Å². The van der Waals surface area contributed by atoms with E-state index in [2.05, 4.69) is 10.3 Å². The smallest absolute Gasteiger partial charge is 0.410 e. The predicted octanol–water partition coefficient (Wildman–Crippen LogP) is 3.65. The molecule has 1 N–H and O–H groups in total. The zero-order valence-electron chi connectivity index (χ0n) is 19.3. The van der Waals surface area contributed by atoms with Crippen LogP contribution in [0.1, 0.15) is 23.7 Å². The van der Waals surface area contributed by atoms with E-state index in [1.807, 2.05) is 19.1 Å². The maximum Gasteiger partial charge on any atom is 0.410 e. The van der Waals surface area contributed by atoms with Crippen molar-refractivity contribution >= 4 is 17.7 Å². The minimum Gasteiger partial charge on any atom is -0.450 e. The van der Waals surface area contributed by atoms with Crippen molar-refractivity contribution < 1.29 is 23.1 Å². The summed E-state index contributed by atoms with van der Waals surface area (Å²) in [4.78, 5) is 44.6. The molecule has 0 saturated heterocycles. The summed E-state index contributed by atoms with van der Waals surface area (Å²) in [6, 6.07) is 9.96. The first-order valence-corrected chi connectivity index (χ1v) is 11.1. The molecule has 4 rings (SSSR count). The van der Waals surface area contributed by atoms with E-state index < -0.39 is 35.7 Å². The lowest BCUT2D eigenvalue weighted by atomic mass is 10.1. The third-order valence-electron chi connectivity index (χ3n) is 5.66. The highest BCUT2D eigenvalue weighted by atomic mass is 19.1. The van der Waals surface area contributed by atoms with E-state index >= 15 is 0 Å². The van der Waals surface area contributed by atoms with Crippen LogP contribution in [0.15, 0.2) is 47.3 Å². The Morgan fingerprint density at radius 2 is 1.89 bits per heavy atom. The fraction of sp³-hybridized carbons (Fsp3) is 0.280. The van der Waals surface area contributed by atoms with Crippen LogP contribution in [-0.4, -0.2) is 39.6 Å². The number of amides is 2. The van der Waals surface area contributed by atoms with Gasteiger partial charge in [-0.05, 0) is 32.4 Å². The summed E-state index contributed by atoms with van der Waals surface area (Å²) in [7, 11) is 0. The molecule has 10 heteroatoms. The van der Waals surface area contributed by atoms with Crippen LogP contribution in [0.4, 0.5) is 19.3 Å². The van der Waals surface area contributed by atoms with Gasteiger partial charge in [-0.2, -0.15) is 0 Å². The van der Waals surface area contributed by atoms with Gasteiger partial charge >= 0.3 is 6.09 Å². The topological polar surface area (TPSA) is 93.5 Å². The molecule has 0 saturated carbocycles. The Balaban J connectivity index is 1.72. The molecule has 0 aliphatic carbocycles. The molecule has 35 heavy (non-hydrogen) atoms. The molecular formula is C25H24F2N4O4. The number of halogens is 2. The van der Waals surface area contributed by atoms with Crippen molar-refractivity contribution in [1.82, 2.24) is 14.5 Å². The first-order valence-electron chi connectivity index (χ1n) is 11.1. The molecule has 8 nitrogen and oxygen atoms in total. The Labute approximate surface area is 200 Å². The number of nitrogens with one attached hydrogen (secondary N) is 1. The fourth-order valence-electron chi connectivity index (χ4n) is 3.89. The molecule has 2 amide bonds. The van der Waals surface area contributed by atoms with Gasteiger partial charge in [0, 0.05) is 23.7 Å². The van der Waals surface area contributed by atoms with Gasteiger partial charge in [-0.15, -0.1) is 0 Å².